The van der Waals surface area contributed by atoms with Crippen molar-refractivity contribution >= 4 is 16.7 Å². The van der Waals surface area contributed by atoms with E-state index in [-0.39, 0.29) is 6.61 Å². The highest BCUT2D eigenvalue weighted by molar-refractivity contribution is 7.85. The average Bonchev–Trinajstić information content (AvgIpc) is 1.64. The number of carbonyl (C=O) groups excluding carboxylic acids is 1. The van der Waals surface area contributed by atoms with Crippen molar-refractivity contribution in [1.82, 2.24) is 4.72 Å². The van der Waals surface area contributed by atoms with Crippen LogP contribution >= 0.6 is 0 Å². The summed E-state index contributed by atoms with van der Waals surface area (Å²) in [5.74, 6) is 0. The Kier molecular flexibility index (Phi) is 3.18. The van der Waals surface area contributed by atoms with Gasteiger partial charge in [0, 0.05) is 0 Å². The Labute approximate surface area is 53.3 Å². The topological polar surface area (TPSA) is 72.5 Å². The lowest BCUT2D eigenvalue weighted by Crippen LogP contribution is -2.23. The van der Waals surface area contributed by atoms with Gasteiger partial charge >= 0.3 is 16.7 Å². The first-order valence-electron chi connectivity index (χ1n) is 2.15. The zero-order valence-corrected chi connectivity index (χ0v) is 5.56. The number of hydrogen-bond donors (Lipinski definition) is 1. The third-order valence-electron chi connectivity index (χ3n) is 0.440. The van der Waals surface area contributed by atoms with Crippen LogP contribution in [0.25, 0.3) is 0 Å². The molecule has 0 aliphatic rings. The van der Waals surface area contributed by atoms with Crippen molar-refractivity contribution in [3.05, 3.63) is 0 Å². The molecule has 0 unspecified atom stereocenters. The summed E-state index contributed by atoms with van der Waals surface area (Å²) in [6.07, 6.45) is 0.980. The van der Waals surface area contributed by atoms with Crippen LogP contribution in [0.2, 0.25) is 0 Å². The first kappa shape index (κ1) is 8.38. The van der Waals surface area contributed by atoms with Gasteiger partial charge in [0.1, 0.15) is 0 Å². The highest BCUT2D eigenvalue weighted by atomic mass is 32.2. The monoisotopic (exact) mass is 152 g/mol. The van der Waals surface area contributed by atoms with Crippen LogP contribution in [0.5, 0.6) is 0 Å². The molecule has 5 nitrogen and oxygen atoms in total. The summed E-state index contributed by atoms with van der Waals surface area (Å²) < 4.78 is 25.9. The van der Waals surface area contributed by atoms with E-state index < -0.39 is 10.3 Å². The number of nitrogens with one attached hydrogen (secondary N) is 1. The van der Waals surface area contributed by atoms with Gasteiger partial charge in [-0.3, -0.25) is 8.98 Å². The average molecular weight is 152 g/mol. The molecule has 0 aromatic carbocycles. The van der Waals surface area contributed by atoms with Crippen molar-refractivity contribution in [2.75, 3.05) is 6.61 Å². The quantitative estimate of drug-likeness (QED) is 0.520. The molecule has 0 aromatic heterocycles. The highest BCUT2D eigenvalue weighted by Gasteiger charge is 2.05. The molecule has 0 rings (SSSR count). The van der Waals surface area contributed by atoms with E-state index in [1.807, 2.05) is 0 Å². The van der Waals surface area contributed by atoms with Crippen LogP contribution in [0.3, 0.4) is 0 Å². The van der Waals surface area contributed by atoms with Gasteiger partial charge in [0.25, 0.3) is 0 Å². The van der Waals surface area contributed by atoms with Crippen LogP contribution in [0, 0.1) is 0 Å². The molecule has 1 radical (unpaired) electrons. The summed E-state index contributed by atoms with van der Waals surface area (Å²) in [5, 5.41) is 0. The van der Waals surface area contributed by atoms with E-state index >= 15 is 0 Å². The van der Waals surface area contributed by atoms with Crippen molar-refractivity contribution in [3.63, 3.8) is 0 Å². The zero-order chi connectivity index (χ0) is 7.33. The Balaban J connectivity index is 3.88. The Morgan fingerprint density at radius 3 is 2.56 bits per heavy atom. The molecule has 53 valence electrons. The second-order valence-corrected chi connectivity index (χ2v) is 2.41. The van der Waals surface area contributed by atoms with Crippen molar-refractivity contribution in [2.24, 2.45) is 0 Å². The molecule has 0 fully saturated rings. The molecule has 0 bridgehead atoms. The van der Waals surface area contributed by atoms with Crippen LogP contribution in [0.15, 0.2) is 0 Å². The normalized spacial score (nSPS) is 10.8. The lowest BCUT2D eigenvalue weighted by Gasteiger charge is -1.96. The minimum atomic E-state index is -3.86. The lowest BCUT2D eigenvalue weighted by molar-refractivity contribution is 0.334. The molecule has 0 aliphatic carbocycles. The summed E-state index contributed by atoms with van der Waals surface area (Å²) in [4.78, 5) is 9.40. The van der Waals surface area contributed by atoms with Gasteiger partial charge in [0.15, 0.2) is 0 Å². The van der Waals surface area contributed by atoms with Gasteiger partial charge in [0.2, 0.25) is 0 Å². The van der Waals surface area contributed by atoms with Gasteiger partial charge in [-0.05, 0) is 6.92 Å². The first-order valence-corrected chi connectivity index (χ1v) is 3.56. The molecular formula is C3H6NO4S. The van der Waals surface area contributed by atoms with E-state index in [0.29, 0.717) is 0 Å². The molecule has 0 saturated carbocycles. The van der Waals surface area contributed by atoms with Crippen LogP contribution in [-0.4, -0.2) is 21.4 Å². The maximum atomic E-state index is 10.2. The number of rotatable bonds is 4. The predicted molar refractivity (Wildman–Crippen MR) is 29.4 cm³/mol. The van der Waals surface area contributed by atoms with Crippen molar-refractivity contribution in [1.29, 1.82) is 0 Å². The van der Waals surface area contributed by atoms with Crippen LogP contribution in [0.1, 0.15) is 6.92 Å². The van der Waals surface area contributed by atoms with Crippen LogP contribution in [0.4, 0.5) is 0 Å². The van der Waals surface area contributed by atoms with Gasteiger partial charge in [-0.15, -0.1) is 0 Å². The second kappa shape index (κ2) is 3.41. The maximum Gasteiger partial charge on any atom is 0.362 e. The molecule has 0 heterocycles. The number of amides is 1. The van der Waals surface area contributed by atoms with Crippen LogP contribution < -0.4 is 4.72 Å². The molecule has 9 heavy (non-hydrogen) atoms. The summed E-state index contributed by atoms with van der Waals surface area (Å²) >= 11 is 0. The second-order valence-electron chi connectivity index (χ2n) is 1.06. The minimum Gasteiger partial charge on any atom is -0.262 e. The lowest BCUT2D eigenvalue weighted by atomic mass is 10.9. The molecule has 6 heteroatoms. The van der Waals surface area contributed by atoms with Gasteiger partial charge < -0.3 is 0 Å². The minimum absolute atomic E-state index is 0.00296. The van der Waals surface area contributed by atoms with E-state index in [1.165, 1.54) is 11.6 Å². The first-order chi connectivity index (χ1) is 4.12. The smallest absolute Gasteiger partial charge is 0.262 e. The van der Waals surface area contributed by atoms with E-state index in [9.17, 15) is 13.2 Å². The fourth-order valence-electron chi connectivity index (χ4n) is 0.236. The molecule has 1 N–H and O–H groups in total. The summed E-state index contributed by atoms with van der Waals surface area (Å²) in [7, 11) is -3.86. The Morgan fingerprint density at radius 2 is 2.22 bits per heavy atom. The van der Waals surface area contributed by atoms with Crippen LogP contribution in [-0.2, 0) is 19.3 Å². The Morgan fingerprint density at radius 1 is 1.67 bits per heavy atom. The standard InChI is InChI=1S/C3H6NO4S/c1-2-8-9(6,7)4-3-5/h2H2,1H3,(H,4,5). The number of hydrogen-bond acceptors (Lipinski definition) is 4. The van der Waals surface area contributed by atoms with Crippen molar-refractivity contribution in [3.8, 4) is 0 Å². The van der Waals surface area contributed by atoms with Gasteiger partial charge in [-0.25, -0.2) is 4.72 Å². The third kappa shape index (κ3) is 3.92. The summed E-state index contributed by atoms with van der Waals surface area (Å²) in [6.45, 7) is 1.49. The summed E-state index contributed by atoms with van der Waals surface area (Å²) in [6, 6.07) is 0. The van der Waals surface area contributed by atoms with E-state index in [2.05, 4.69) is 4.18 Å². The largest absolute Gasteiger partial charge is 0.362 e. The maximum absolute atomic E-state index is 10.2. The SMILES string of the molecule is CCOS(=O)(=O)N[C]=O. The molecule has 0 spiro atoms. The van der Waals surface area contributed by atoms with E-state index in [4.69, 9.17) is 0 Å². The highest BCUT2D eigenvalue weighted by Crippen LogP contribution is 1.82. The molecule has 0 atom stereocenters. The molecule has 0 saturated heterocycles. The Bertz CT molecular complexity index is 172. The Hall–Kier alpha value is -0.620. The third-order valence-corrected chi connectivity index (χ3v) is 1.32. The molecule has 0 aliphatic heterocycles. The molecule has 0 aromatic rings. The van der Waals surface area contributed by atoms with Crippen molar-refractivity contribution in [2.45, 2.75) is 6.92 Å². The molecular weight excluding hydrogens is 146 g/mol. The fourth-order valence-corrected chi connectivity index (χ4v) is 0.707. The summed E-state index contributed by atoms with van der Waals surface area (Å²) in [5.41, 5.74) is 0. The van der Waals surface area contributed by atoms with Gasteiger partial charge in [-0.2, -0.15) is 8.42 Å². The zero-order valence-electron chi connectivity index (χ0n) is 4.75. The van der Waals surface area contributed by atoms with Gasteiger partial charge in [-0.1, -0.05) is 0 Å². The van der Waals surface area contributed by atoms with Gasteiger partial charge in [0.05, 0.1) is 6.61 Å². The molecule has 1 amide bonds. The fraction of sp³-hybridized carbons (Fsp3) is 0.667. The van der Waals surface area contributed by atoms with Crippen molar-refractivity contribution < 1.29 is 17.4 Å². The van der Waals surface area contributed by atoms with E-state index in [0.717, 1.165) is 6.41 Å². The van der Waals surface area contributed by atoms with E-state index in [1.54, 1.807) is 0 Å². The predicted octanol–water partition coefficient (Wildman–Crippen LogP) is -1.08.